The minimum atomic E-state index is -0.832. The number of para-hydroxylation sites is 1. The van der Waals surface area contributed by atoms with Crippen molar-refractivity contribution in [3.8, 4) is 0 Å². The van der Waals surface area contributed by atoms with E-state index in [9.17, 15) is 5.11 Å². The van der Waals surface area contributed by atoms with E-state index in [0.717, 1.165) is 33.1 Å². The summed E-state index contributed by atoms with van der Waals surface area (Å²) in [5, 5.41) is 12.5. The number of aryl methyl sites for hydroxylation is 1. The van der Waals surface area contributed by atoms with E-state index in [1.807, 2.05) is 55.5 Å². The molecule has 3 nitrogen and oxygen atoms in total. The van der Waals surface area contributed by atoms with Crippen LogP contribution >= 0.6 is 0 Å². The normalized spacial score (nSPS) is 13.0. The number of benzene rings is 2. The number of rotatable bonds is 2. The summed E-state index contributed by atoms with van der Waals surface area (Å²) in [7, 11) is 0. The van der Waals surface area contributed by atoms with Gasteiger partial charge in [0.2, 0.25) is 0 Å². The van der Waals surface area contributed by atoms with Crippen LogP contribution in [0.2, 0.25) is 0 Å². The van der Waals surface area contributed by atoms with E-state index in [1.54, 1.807) is 6.26 Å². The number of hydrogen-bond donors (Lipinski definition) is 1. The Kier molecular flexibility index (Phi) is 2.62. The molecule has 0 aliphatic heterocycles. The van der Waals surface area contributed by atoms with Crippen LogP contribution in [-0.4, -0.2) is 5.11 Å². The predicted molar refractivity (Wildman–Crippen MR) is 81.2 cm³/mol. The van der Waals surface area contributed by atoms with Crippen molar-refractivity contribution >= 4 is 21.9 Å². The van der Waals surface area contributed by atoms with Crippen molar-refractivity contribution in [2.45, 2.75) is 13.0 Å². The second-order valence-electron chi connectivity index (χ2n) is 5.28. The Morgan fingerprint density at radius 1 is 1.00 bits per heavy atom. The van der Waals surface area contributed by atoms with Crippen molar-refractivity contribution in [3.05, 3.63) is 71.7 Å². The molecule has 0 fully saturated rings. The quantitative estimate of drug-likeness (QED) is 0.584. The zero-order valence-corrected chi connectivity index (χ0v) is 11.5. The summed E-state index contributed by atoms with van der Waals surface area (Å²) >= 11 is 0. The van der Waals surface area contributed by atoms with Crippen LogP contribution in [0.3, 0.4) is 0 Å². The first-order valence-electron chi connectivity index (χ1n) is 6.87. The standard InChI is InChI=1S/C18H14O3/c1-11-6-7-15-12(8-11)9-17(21-15)18(19)14-10-20-16-5-3-2-4-13(14)16/h2-10,18-19H,1H3. The molecule has 21 heavy (non-hydrogen) atoms. The molecule has 2 aromatic heterocycles. The van der Waals surface area contributed by atoms with E-state index in [0.29, 0.717) is 5.76 Å². The van der Waals surface area contributed by atoms with Crippen LogP contribution in [0.15, 0.2) is 63.6 Å². The van der Waals surface area contributed by atoms with E-state index >= 15 is 0 Å². The lowest BCUT2D eigenvalue weighted by atomic mass is 10.1. The maximum Gasteiger partial charge on any atom is 0.140 e. The first-order chi connectivity index (χ1) is 10.2. The van der Waals surface area contributed by atoms with Gasteiger partial charge in [-0.1, -0.05) is 29.8 Å². The summed E-state index contributed by atoms with van der Waals surface area (Å²) in [6.45, 7) is 2.03. The molecule has 0 radical (unpaired) electrons. The summed E-state index contributed by atoms with van der Waals surface area (Å²) in [4.78, 5) is 0. The molecule has 2 aromatic carbocycles. The van der Waals surface area contributed by atoms with Gasteiger partial charge in [0.05, 0.1) is 6.26 Å². The molecule has 0 spiro atoms. The fourth-order valence-corrected chi connectivity index (χ4v) is 2.68. The zero-order chi connectivity index (χ0) is 14.4. The molecule has 2 heterocycles. The Labute approximate surface area is 121 Å². The third-order valence-corrected chi connectivity index (χ3v) is 3.77. The van der Waals surface area contributed by atoms with Gasteiger partial charge in [0.1, 0.15) is 23.0 Å². The third kappa shape index (κ3) is 1.94. The van der Waals surface area contributed by atoms with E-state index in [2.05, 4.69) is 0 Å². The summed E-state index contributed by atoms with van der Waals surface area (Å²) < 4.78 is 11.2. The Morgan fingerprint density at radius 3 is 2.76 bits per heavy atom. The van der Waals surface area contributed by atoms with Crippen molar-refractivity contribution in [2.75, 3.05) is 0 Å². The first kappa shape index (κ1) is 12.2. The van der Waals surface area contributed by atoms with Crippen LogP contribution < -0.4 is 0 Å². The number of aliphatic hydroxyl groups excluding tert-OH is 1. The summed E-state index contributed by atoms with van der Waals surface area (Å²) in [6.07, 6.45) is 0.759. The van der Waals surface area contributed by atoms with Gasteiger partial charge in [-0.2, -0.15) is 0 Å². The van der Waals surface area contributed by atoms with Crippen molar-refractivity contribution in [2.24, 2.45) is 0 Å². The number of hydrogen-bond acceptors (Lipinski definition) is 3. The SMILES string of the molecule is Cc1ccc2oc(C(O)c3coc4ccccc34)cc2c1. The van der Waals surface area contributed by atoms with E-state index in [-0.39, 0.29) is 0 Å². The molecule has 0 aliphatic rings. The van der Waals surface area contributed by atoms with Crippen molar-refractivity contribution in [1.29, 1.82) is 0 Å². The minimum absolute atomic E-state index is 0.530. The number of fused-ring (bicyclic) bond motifs is 2. The second kappa shape index (κ2) is 4.50. The van der Waals surface area contributed by atoms with Gasteiger partial charge in [0.15, 0.2) is 0 Å². The van der Waals surface area contributed by atoms with Gasteiger partial charge in [-0.3, -0.25) is 0 Å². The average Bonchev–Trinajstić information content (AvgIpc) is 3.09. The van der Waals surface area contributed by atoms with Gasteiger partial charge in [-0.25, -0.2) is 0 Å². The van der Waals surface area contributed by atoms with E-state index in [1.165, 1.54) is 0 Å². The molecule has 0 saturated carbocycles. The monoisotopic (exact) mass is 278 g/mol. The Bertz CT molecular complexity index is 930. The molecule has 1 unspecified atom stereocenters. The van der Waals surface area contributed by atoms with Crippen LogP contribution in [0.4, 0.5) is 0 Å². The molecule has 1 N–H and O–H groups in total. The second-order valence-corrected chi connectivity index (χ2v) is 5.28. The van der Waals surface area contributed by atoms with Crippen LogP contribution in [-0.2, 0) is 0 Å². The molecule has 4 rings (SSSR count). The molecule has 4 aromatic rings. The molecule has 3 heteroatoms. The van der Waals surface area contributed by atoms with Gasteiger partial charge in [-0.15, -0.1) is 0 Å². The zero-order valence-electron chi connectivity index (χ0n) is 11.5. The van der Waals surface area contributed by atoms with Crippen LogP contribution in [0.1, 0.15) is 23.0 Å². The molecule has 0 aliphatic carbocycles. The lowest BCUT2D eigenvalue weighted by molar-refractivity contribution is 0.192. The summed E-state index contributed by atoms with van der Waals surface area (Å²) in [5.74, 6) is 0.530. The highest BCUT2D eigenvalue weighted by molar-refractivity contribution is 5.82. The number of furan rings is 2. The Balaban J connectivity index is 1.83. The molecule has 0 bridgehead atoms. The lowest BCUT2D eigenvalue weighted by Gasteiger charge is -2.04. The Morgan fingerprint density at radius 2 is 1.86 bits per heavy atom. The van der Waals surface area contributed by atoms with Gasteiger partial charge in [0.25, 0.3) is 0 Å². The van der Waals surface area contributed by atoms with Crippen molar-refractivity contribution in [3.63, 3.8) is 0 Å². The molecule has 0 saturated heterocycles. The third-order valence-electron chi connectivity index (χ3n) is 3.77. The molecular formula is C18H14O3. The molecule has 104 valence electrons. The largest absolute Gasteiger partial charge is 0.464 e. The fraction of sp³-hybridized carbons (Fsp3) is 0.111. The number of aliphatic hydroxyl groups is 1. The smallest absolute Gasteiger partial charge is 0.140 e. The first-order valence-corrected chi connectivity index (χ1v) is 6.87. The van der Waals surface area contributed by atoms with Crippen LogP contribution in [0.5, 0.6) is 0 Å². The van der Waals surface area contributed by atoms with Gasteiger partial charge >= 0.3 is 0 Å². The minimum Gasteiger partial charge on any atom is -0.464 e. The Hall–Kier alpha value is -2.52. The average molecular weight is 278 g/mol. The molecule has 1 atom stereocenters. The molecular weight excluding hydrogens is 264 g/mol. The van der Waals surface area contributed by atoms with Gasteiger partial charge in [0, 0.05) is 16.3 Å². The lowest BCUT2D eigenvalue weighted by Crippen LogP contribution is -1.96. The maximum atomic E-state index is 10.6. The maximum absolute atomic E-state index is 10.6. The fourth-order valence-electron chi connectivity index (χ4n) is 2.68. The van der Waals surface area contributed by atoms with Gasteiger partial charge in [-0.05, 0) is 31.2 Å². The summed E-state index contributed by atoms with van der Waals surface area (Å²) in [6, 6.07) is 15.5. The molecule has 0 amide bonds. The van der Waals surface area contributed by atoms with Crippen LogP contribution in [0.25, 0.3) is 21.9 Å². The summed E-state index contributed by atoms with van der Waals surface area (Å²) in [5.41, 5.74) is 3.43. The highest BCUT2D eigenvalue weighted by atomic mass is 16.4. The van der Waals surface area contributed by atoms with E-state index in [4.69, 9.17) is 8.83 Å². The van der Waals surface area contributed by atoms with Gasteiger partial charge < -0.3 is 13.9 Å². The van der Waals surface area contributed by atoms with Crippen LogP contribution in [0, 0.1) is 6.92 Å². The van der Waals surface area contributed by atoms with Crippen molar-refractivity contribution < 1.29 is 13.9 Å². The van der Waals surface area contributed by atoms with Crippen molar-refractivity contribution in [1.82, 2.24) is 0 Å². The highest BCUT2D eigenvalue weighted by Crippen LogP contribution is 2.33. The predicted octanol–water partition coefficient (Wildman–Crippen LogP) is 4.57. The van der Waals surface area contributed by atoms with E-state index < -0.39 is 6.10 Å². The highest BCUT2D eigenvalue weighted by Gasteiger charge is 2.20. The topological polar surface area (TPSA) is 46.5 Å².